The Balaban J connectivity index is 1.48. The van der Waals surface area contributed by atoms with Gasteiger partial charge in [0.05, 0.1) is 19.3 Å². The molecule has 32 heavy (non-hydrogen) atoms. The lowest BCUT2D eigenvalue weighted by Crippen LogP contribution is -2.15. The predicted molar refractivity (Wildman–Crippen MR) is 120 cm³/mol. The number of methoxy groups -OCH3 is 1. The quantitative estimate of drug-likeness (QED) is 0.387. The minimum absolute atomic E-state index is 0.0463. The summed E-state index contributed by atoms with van der Waals surface area (Å²) in [5.74, 6) is 0.122. The first-order chi connectivity index (χ1) is 15.4. The van der Waals surface area contributed by atoms with E-state index in [1.807, 2.05) is 0 Å². The molecule has 7 heteroatoms. The maximum atomic E-state index is 12.3. The molecule has 0 amide bonds. The summed E-state index contributed by atoms with van der Waals surface area (Å²) in [7, 11) is 1.47. The summed E-state index contributed by atoms with van der Waals surface area (Å²) >= 11 is 0. The number of aryl methyl sites for hydroxylation is 2. The van der Waals surface area contributed by atoms with Crippen molar-refractivity contribution < 1.29 is 34.7 Å². The van der Waals surface area contributed by atoms with Gasteiger partial charge in [-0.3, -0.25) is 4.79 Å². The highest BCUT2D eigenvalue weighted by Gasteiger charge is 2.20. The second-order valence-corrected chi connectivity index (χ2v) is 8.43. The van der Waals surface area contributed by atoms with Crippen LogP contribution in [0.3, 0.4) is 0 Å². The van der Waals surface area contributed by atoms with Gasteiger partial charge in [-0.2, -0.15) is 0 Å². The van der Waals surface area contributed by atoms with Crippen molar-refractivity contribution >= 4 is 5.78 Å². The molecule has 1 aliphatic rings. The van der Waals surface area contributed by atoms with Crippen LogP contribution in [0.4, 0.5) is 0 Å². The maximum absolute atomic E-state index is 12.3. The van der Waals surface area contributed by atoms with Gasteiger partial charge >= 0.3 is 0 Å². The van der Waals surface area contributed by atoms with Gasteiger partial charge in [-0.25, -0.2) is 0 Å². The Hall–Kier alpha value is -2.93. The summed E-state index contributed by atoms with van der Waals surface area (Å²) in [5, 5.41) is 40.1. The van der Waals surface area contributed by atoms with Crippen molar-refractivity contribution in [2.24, 2.45) is 0 Å². The third-order valence-corrected chi connectivity index (χ3v) is 5.88. The second kappa shape index (κ2) is 11.1. The Kier molecular flexibility index (Phi) is 8.22. The van der Waals surface area contributed by atoms with E-state index in [4.69, 9.17) is 9.47 Å². The predicted octanol–water partition coefficient (Wildman–Crippen LogP) is 4.02. The third-order valence-electron chi connectivity index (χ3n) is 5.88. The van der Waals surface area contributed by atoms with Gasteiger partial charge in [0.1, 0.15) is 5.78 Å². The molecule has 1 saturated carbocycles. The molecule has 1 fully saturated rings. The largest absolute Gasteiger partial charge is 0.504 e. The number of aromatic hydroxyl groups is 3. The summed E-state index contributed by atoms with van der Waals surface area (Å²) in [6.45, 7) is 0. The molecular formula is C25H32O7. The fourth-order valence-electron chi connectivity index (χ4n) is 4.03. The molecule has 3 rings (SSSR count). The average molecular weight is 445 g/mol. The summed E-state index contributed by atoms with van der Waals surface area (Å²) in [6.07, 6.45) is 4.92. The minimum Gasteiger partial charge on any atom is -0.504 e. The molecule has 0 aliphatic heterocycles. The van der Waals surface area contributed by atoms with E-state index in [9.17, 15) is 25.2 Å². The van der Waals surface area contributed by atoms with Crippen LogP contribution in [0.2, 0.25) is 0 Å². The number of carbonyl (C=O) groups excluding carboxylic acids is 1. The number of phenols is 3. The molecule has 0 spiro atoms. The number of aliphatic hydroxyl groups is 1. The van der Waals surface area contributed by atoms with Crippen molar-refractivity contribution in [1.82, 2.24) is 0 Å². The number of benzene rings is 2. The summed E-state index contributed by atoms with van der Waals surface area (Å²) in [4.78, 5) is 12.3. The number of phenolic OH excluding ortho intramolecular Hbond substituents is 3. The number of carbonyl (C=O) groups is 1. The van der Waals surface area contributed by atoms with Crippen molar-refractivity contribution in [1.29, 1.82) is 0 Å². The number of ether oxygens (including phenoxy) is 2. The van der Waals surface area contributed by atoms with Crippen molar-refractivity contribution in [3.05, 3.63) is 41.5 Å². The van der Waals surface area contributed by atoms with Crippen LogP contribution in [0.15, 0.2) is 30.3 Å². The zero-order valence-corrected chi connectivity index (χ0v) is 18.4. The number of rotatable bonds is 11. The molecule has 2 aromatic carbocycles. The van der Waals surface area contributed by atoms with E-state index < -0.39 is 6.10 Å². The Morgan fingerprint density at radius 1 is 1.00 bits per heavy atom. The lowest BCUT2D eigenvalue weighted by atomic mass is 9.99. The van der Waals surface area contributed by atoms with E-state index in [2.05, 4.69) is 0 Å². The molecule has 0 unspecified atom stereocenters. The molecule has 0 aromatic heterocycles. The lowest BCUT2D eigenvalue weighted by molar-refractivity contribution is -0.121. The van der Waals surface area contributed by atoms with Crippen LogP contribution >= 0.6 is 0 Å². The molecule has 7 nitrogen and oxygen atoms in total. The SMILES string of the molecule is COc1cc(CCC(=O)C[C@H](O)CCc2cc(O)c(O)c(OC3CCCC3)c2)ccc1O. The summed E-state index contributed by atoms with van der Waals surface area (Å²) in [5.41, 5.74) is 1.60. The summed E-state index contributed by atoms with van der Waals surface area (Å²) in [6, 6.07) is 8.13. The van der Waals surface area contributed by atoms with Crippen LogP contribution in [-0.2, 0) is 17.6 Å². The number of Topliss-reactive ketones (excluding diaryl/α,β-unsaturated/α-hetero) is 1. The Bertz CT molecular complexity index is 919. The van der Waals surface area contributed by atoms with Gasteiger partial charge in [0, 0.05) is 12.8 Å². The number of aliphatic hydroxyl groups excluding tert-OH is 1. The van der Waals surface area contributed by atoms with Gasteiger partial charge in [0.25, 0.3) is 0 Å². The molecule has 174 valence electrons. The maximum Gasteiger partial charge on any atom is 0.200 e. The first kappa shape index (κ1) is 23.7. The van der Waals surface area contributed by atoms with Crippen LogP contribution in [0.1, 0.15) is 56.1 Å². The standard InChI is InChI=1S/C25H32O7/c1-31-23-13-16(8-11-21(23)28)6-9-18(26)15-19(27)10-7-17-12-22(29)25(30)24(14-17)32-20-4-2-3-5-20/h8,11-14,19-20,27-30H,2-7,9-10,15H2,1H3/t19-/m1/s1. The lowest BCUT2D eigenvalue weighted by Gasteiger charge is -2.16. The van der Waals surface area contributed by atoms with Gasteiger partial charge in [-0.15, -0.1) is 0 Å². The van der Waals surface area contributed by atoms with Gasteiger partial charge in [0.15, 0.2) is 23.0 Å². The van der Waals surface area contributed by atoms with Gasteiger partial charge < -0.3 is 29.9 Å². The van der Waals surface area contributed by atoms with Crippen LogP contribution in [0, 0.1) is 0 Å². The van der Waals surface area contributed by atoms with Crippen molar-refractivity contribution in [3.8, 4) is 28.7 Å². The van der Waals surface area contributed by atoms with E-state index in [0.29, 0.717) is 25.0 Å². The van der Waals surface area contributed by atoms with E-state index in [-0.39, 0.29) is 47.7 Å². The Morgan fingerprint density at radius 2 is 1.72 bits per heavy atom. The number of hydrogen-bond acceptors (Lipinski definition) is 7. The molecule has 0 saturated heterocycles. The van der Waals surface area contributed by atoms with Crippen LogP contribution < -0.4 is 9.47 Å². The average Bonchev–Trinajstić information content (AvgIpc) is 3.28. The molecule has 1 atom stereocenters. The molecular weight excluding hydrogens is 412 g/mol. The normalized spacial score (nSPS) is 14.9. The summed E-state index contributed by atoms with van der Waals surface area (Å²) < 4.78 is 10.9. The molecule has 4 N–H and O–H groups in total. The fourth-order valence-corrected chi connectivity index (χ4v) is 4.03. The van der Waals surface area contributed by atoms with E-state index in [0.717, 1.165) is 36.8 Å². The van der Waals surface area contributed by atoms with Gasteiger partial charge in [0.2, 0.25) is 5.75 Å². The Labute approximate surface area is 188 Å². The zero-order chi connectivity index (χ0) is 23.1. The van der Waals surface area contributed by atoms with Crippen LogP contribution in [0.25, 0.3) is 0 Å². The molecule has 1 aliphatic carbocycles. The van der Waals surface area contributed by atoms with Crippen LogP contribution in [-0.4, -0.2) is 45.5 Å². The highest BCUT2D eigenvalue weighted by Crippen LogP contribution is 2.39. The number of hydrogen-bond donors (Lipinski definition) is 4. The highest BCUT2D eigenvalue weighted by atomic mass is 16.5. The zero-order valence-electron chi connectivity index (χ0n) is 18.4. The molecule has 2 aromatic rings. The minimum atomic E-state index is -0.799. The number of ketones is 1. The fraction of sp³-hybridized carbons (Fsp3) is 0.480. The highest BCUT2D eigenvalue weighted by molar-refractivity contribution is 5.79. The van der Waals surface area contributed by atoms with E-state index in [1.54, 1.807) is 18.2 Å². The smallest absolute Gasteiger partial charge is 0.200 e. The Morgan fingerprint density at radius 3 is 2.44 bits per heavy atom. The second-order valence-electron chi connectivity index (χ2n) is 8.43. The van der Waals surface area contributed by atoms with E-state index in [1.165, 1.54) is 19.2 Å². The van der Waals surface area contributed by atoms with Crippen molar-refractivity contribution in [2.45, 2.75) is 70.0 Å². The topological polar surface area (TPSA) is 116 Å². The van der Waals surface area contributed by atoms with Gasteiger partial charge in [-0.05, 0) is 80.3 Å². The molecule has 0 heterocycles. The van der Waals surface area contributed by atoms with Gasteiger partial charge in [-0.1, -0.05) is 6.07 Å². The first-order valence-corrected chi connectivity index (χ1v) is 11.1. The van der Waals surface area contributed by atoms with Crippen LogP contribution in [0.5, 0.6) is 28.7 Å². The molecule has 0 radical (unpaired) electrons. The van der Waals surface area contributed by atoms with E-state index >= 15 is 0 Å². The third kappa shape index (κ3) is 6.53. The first-order valence-electron chi connectivity index (χ1n) is 11.1. The monoisotopic (exact) mass is 444 g/mol. The molecule has 0 bridgehead atoms. The van der Waals surface area contributed by atoms with Crippen molar-refractivity contribution in [3.63, 3.8) is 0 Å². The van der Waals surface area contributed by atoms with Crippen molar-refractivity contribution in [2.75, 3.05) is 7.11 Å².